The van der Waals surface area contributed by atoms with Gasteiger partial charge in [0.1, 0.15) is 6.04 Å². The van der Waals surface area contributed by atoms with Gasteiger partial charge in [-0.3, -0.25) is 14.4 Å². The normalized spacial score (nSPS) is 14.5. The van der Waals surface area contributed by atoms with Crippen LogP contribution in [0.3, 0.4) is 0 Å². The molecule has 0 bridgehead atoms. The molecule has 0 aromatic heterocycles. The first-order valence-corrected chi connectivity index (χ1v) is 7.52. The maximum absolute atomic E-state index is 12.2. The van der Waals surface area contributed by atoms with Crippen LogP contribution in [-0.4, -0.2) is 30.3 Å². The third kappa shape index (κ3) is 3.84. The lowest BCUT2D eigenvalue weighted by Crippen LogP contribution is -2.45. The van der Waals surface area contributed by atoms with Crippen molar-refractivity contribution in [1.82, 2.24) is 10.6 Å². The first-order chi connectivity index (χ1) is 10.5. The van der Waals surface area contributed by atoms with Crippen LogP contribution in [-0.2, 0) is 16.0 Å². The first kappa shape index (κ1) is 16.0. The summed E-state index contributed by atoms with van der Waals surface area (Å²) in [6.45, 7) is 4.22. The summed E-state index contributed by atoms with van der Waals surface area (Å²) in [4.78, 5) is 35.3. The molecule has 1 aliphatic heterocycles. The number of anilines is 1. The van der Waals surface area contributed by atoms with Crippen LogP contribution >= 0.6 is 0 Å². The zero-order chi connectivity index (χ0) is 16.1. The number of rotatable bonds is 5. The highest BCUT2D eigenvalue weighted by molar-refractivity contribution is 5.99. The fraction of sp³-hybridized carbons (Fsp3) is 0.438. The fourth-order valence-corrected chi connectivity index (χ4v) is 2.27. The number of carbonyl (C=O) groups excluding carboxylic acids is 3. The molecule has 118 valence electrons. The van der Waals surface area contributed by atoms with E-state index in [4.69, 9.17) is 0 Å². The second-order valence-corrected chi connectivity index (χ2v) is 5.41. The molecule has 0 saturated heterocycles. The van der Waals surface area contributed by atoms with Crippen LogP contribution in [0.1, 0.15) is 42.6 Å². The van der Waals surface area contributed by atoms with Gasteiger partial charge in [-0.15, -0.1) is 0 Å². The quantitative estimate of drug-likeness (QED) is 0.764. The molecular formula is C16H21N3O3. The summed E-state index contributed by atoms with van der Waals surface area (Å²) >= 11 is 0. The van der Waals surface area contributed by atoms with Gasteiger partial charge in [0.25, 0.3) is 5.91 Å². The summed E-state index contributed by atoms with van der Waals surface area (Å²) in [7, 11) is 0. The molecule has 3 N–H and O–H groups in total. The highest BCUT2D eigenvalue weighted by Crippen LogP contribution is 2.23. The topological polar surface area (TPSA) is 87.3 Å². The van der Waals surface area contributed by atoms with Crippen molar-refractivity contribution in [3.8, 4) is 0 Å². The maximum atomic E-state index is 12.2. The Balaban J connectivity index is 2.01. The van der Waals surface area contributed by atoms with Crippen molar-refractivity contribution in [1.29, 1.82) is 0 Å². The van der Waals surface area contributed by atoms with Crippen LogP contribution < -0.4 is 16.0 Å². The monoisotopic (exact) mass is 303 g/mol. The molecule has 0 aliphatic carbocycles. The molecule has 2 rings (SSSR count). The minimum absolute atomic E-state index is 0.00841. The van der Waals surface area contributed by atoms with E-state index in [0.717, 1.165) is 17.7 Å². The van der Waals surface area contributed by atoms with Crippen LogP contribution in [0, 0.1) is 0 Å². The molecule has 1 aromatic carbocycles. The third-order valence-corrected chi connectivity index (χ3v) is 3.55. The molecule has 1 heterocycles. The van der Waals surface area contributed by atoms with Gasteiger partial charge in [0.2, 0.25) is 11.8 Å². The number of nitrogens with one attached hydrogen (secondary N) is 3. The Labute approximate surface area is 129 Å². The lowest BCUT2D eigenvalue weighted by Gasteiger charge is -2.18. The Hall–Kier alpha value is -2.37. The predicted octanol–water partition coefficient (Wildman–Crippen LogP) is 1.22. The van der Waals surface area contributed by atoms with E-state index in [0.29, 0.717) is 24.9 Å². The number of carbonyl (C=O) groups is 3. The van der Waals surface area contributed by atoms with Gasteiger partial charge < -0.3 is 16.0 Å². The maximum Gasteiger partial charge on any atom is 0.251 e. The highest BCUT2D eigenvalue weighted by Gasteiger charge is 2.19. The predicted molar refractivity (Wildman–Crippen MR) is 83.6 cm³/mol. The van der Waals surface area contributed by atoms with E-state index in [9.17, 15) is 14.4 Å². The smallest absolute Gasteiger partial charge is 0.251 e. The van der Waals surface area contributed by atoms with E-state index < -0.39 is 6.04 Å². The first-order valence-electron chi connectivity index (χ1n) is 7.52. The SMILES string of the molecule is CCCNC(=O)C(C)NC(=O)c1ccc2c(c1)CCC(=O)N2. The van der Waals surface area contributed by atoms with E-state index >= 15 is 0 Å². The molecule has 1 atom stereocenters. The summed E-state index contributed by atoms with van der Waals surface area (Å²) in [6.07, 6.45) is 1.89. The van der Waals surface area contributed by atoms with Crippen LogP contribution in [0.15, 0.2) is 18.2 Å². The molecule has 0 saturated carbocycles. The molecular weight excluding hydrogens is 282 g/mol. The number of fused-ring (bicyclic) bond motifs is 1. The molecule has 3 amide bonds. The van der Waals surface area contributed by atoms with E-state index in [-0.39, 0.29) is 17.7 Å². The number of aryl methyl sites for hydroxylation is 1. The summed E-state index contributed by atoms with van der Waals surface area (Å²) < 4.78 is 0. The standard InChI is InChI=1S/C16H21N3O3/c1-3-8-17-15(21)10(2)18-16(22)12-4-6-13-11(9-12)5-7-14(20)19-13/h4,6,9-10H,3,5,7-8H2,1-2H3,(H,17,21)(H,18,22)(H,19,20). The lowest BCUT2D eigenvalue weighted by molar-refractivity contribution is -0.122. The minimum atomic E-state index is -0.588. The van der Waals surface area contributed by atoms with Gasteiger partial charge in [-0.25, -0.2) is 0 Å². The van der Waals surface area contributed by atoms with Gasteiger partial charge in [-0.2, -0.15) is 0 Å². The average molecular weight is 303 g/mol. The summed E-state index contributed by atoms with van der Waals surface area (Å²) in [5, 5.41) is 8.20. The molecule has 6 heteroatoms. The van der Waals surface area contributed by atoms with Crippen molar-refractivity contribution in [3.05, 3.63) is 29.3 Å². The molecule has 0 radical (unpaired) electrons. The fourth-order valence-electron chi connectivity index (χ4n) is 2.27. The van der Waals surface area contributed by atoms with Gasteiger partial charge >= 0.3 is 0 Å². The Morgan fingerprint density at radius 2 is 2.09 bits per heavy atom. The lowest BCUT2D eigenvalue weighted by atomic mass is 10.00. The van der Waals surface area contributed by atoms with Gasteiger partial charge in [-0.05, 0) is 43.5 Å². The Morgan fingerprint density at radius 1 is 1.32 bits per heavy atom. The second kappa shape index (κ2) is 7.06. The summed E-state index contributed by atoms with van der Waals surface area (Å²) in [6, 6.07) is 4.55. The van der Waals surface area contributed by atoms with E-state index in [2.05, 4.69) is 16.0 Å². The molecule has 22 heavy (non-hydrogen) atoms. The van der Waals surface area contributed by atoms with Gasteiger partial charge in [0, 0.05) is 24.2 Å². The van der Waals surface area contributed by atoms with Gasteiger partial charge in [0.15, 0.2) is 0 Å². The van der Waals surface area contributed by atoms with Crippen molar-refractivity contribution in [3.63, 3.8) is 0 Å². The summed E-state index contributed by atoms with van der Waals surface area (Å²) in [5.74, 6) is -0.495. The average Bonchev–Trinajstić information content (AvgIpc) is 2.51. The molecule has 1 aliphatic rings. The highest BCUT2D eigenvalue weighted by atomic mass is 16.2. The van der Waals surface area contributed by atoms with Crippen LogP contribution in [0.25, 0.3) is 0 Å². The zero-order valence-electron chi connectivity index (χ0n) is 12.9. The Kier molecular flexibility index (Phi) is 5.14. The van der Waals surface area contributed by atoms with Crippen molar-refractivity contribution in [2.24, 2.45) is 0 Å². The van der Waals surface area contributed by atoms with Crippen LogP contribution in [0.5, 0.6) is 0 Å². The third-order valence-electron chi connectivity index (χ3n) is 3.55. The number of hydrogen-bond donors (Lipinski definition) is 3. The van der Waals surface area contributed by atoms with E-state index in [1.165, 1.54) is 0 Å². The Morgan fingerprint density at radius 3 is 2.82 bits per heavy atom. The molecule has 1 unspecified atom stereocenters. The van der Waals surface area contributed by atoms with Crippen molar-refractivity contribution in [2.45, 2.75) is 39.2 Å². The molecule has 0 fully saturated rings. The minimum Gasteiger partial charge on any atom is -0.354 e. The molecule has 0 spiro atoms. The van der Waals surface area contributed by atoms with E-state index in [1.807, 2.05) is 6.92 Å². The largest absolute Gasteiger partial charge is 0.354 e. The number of amides is 3. The summed E-state index contributed by atoms with van der Waals surface area (Å²) in [5.41, 5.74) is 2.18. The van der Waals surface area contributed by atoms with Crippen molar-refractivity contribution in [2.75, 3.05) is 11.9 Å². The van der Waals surface area contributed by atoms with Crippen molar-refractivity contribution < 1.29 is 14.4 Å². The zero-order valence-corrected chi connectivity index (χ0v) is 12.9. The second-order valence-electron chi connectivity index (χ2n) is 5.41. The van der Waals surface area contributed by atoms with Gasteiger partial charge in [-0.1, -0.05) is 6.92 Å². The number of hydrogen-bond acceptors (Lipinski definition) is 3. The van der Waals surface area contributed by atoms with E-state index in [1.54, 1.807) is 25.1 Å². The van der Waals surface area contributed by atoms with Crippen LogP contribution in [0.2, 0.25) is 0 Å². The van der Waals surface area contributed by atoms with Crippen molar-refractivity contribution >= 4 is 23.4 Å². The molecule has 6 nitrogen and oxygen atoms in total. The molecule has 1 aromatic rings. The van der Waals surface area contributed by atoms with Gasteiger partial charge in [0.05, 0.1) is 0 Å². The Bertz CT molecular complexity index is 598. The number of benzene rings is 1. The van der Waals surface area contributed by atoms with Crippen LogP contribution in [0.4, 0.5) is 5.69 Å².